The van der Waals surface area contributed by atoms with E-state index in [9.17, 15) is 9.90 Å². The van der Waals surface area contributed by atoms with E-state index in [2.05, 4.69) is 50.4 Å². The van der Waals surface area contributed by atoms with Gasteiger partial charge in [0.1, 0.15) is 0 Å². The molecule has 0 aromatic heterocycles. The van der Waals surface area contributed by atoms with E-state index in [1.807, 2.05) is 24.3 Å². The van der Waals surface area contributed by atoms with Crippen LogP contribution in [-0.2, 0) is 12.8 Å². The highest BCUT2D eigenvalue weighted by molar-refractivity contribution is 5.87. The number of hydrogen-bond donors (Lipinski definition) is 1. The fourth-order valence-corrected chi connectivity index (χ4v) is 5.10. The molecular formula is C27H26O2. The summed E-state index contributed by atoms with van der Waals surface area (Å²) in [5.74, 6) is -0.513. The molecule has 0 aliphatic heterocycles. The molecule has 0 fully saturated rings. The van der Waals surface area contributed by atoms with Crippen molar-refractivity contribution >= 4 is 5.97 Å². The van der Waals surface area contributed by atoms with Crippen LogP contribution in [0.15, 0.2) is 96.6 Å². The van der Waals surface area contributed by atoms with Gasteiger partial charge in [-0.1, -0.05) is 80.3 Å². The van der Waals surface area contributed by atoms with Crippen LogP contribution in [0.3, 0.4) is 0 Å². The summed E-state index contributed by atoms with van der Waals surface area (Å²) in [6.07, 6.45) is 8.94. The SMILES string of the molecule is C=CC1=C(C=C)CC(C2(Cc3ccc(C(=O)O)cc3)Cc3ccccc3C2C)=C1. The van der Waals surface area contributed by atoms with E-state index in [0.29, 0.717) is 11.5 Å². The molecule has 4 rings (SSSR count). The lowest BCUT2D eigenvalue weighted by Gasteiger charge is -2.37. The molecule has 2 aromatic carbocycles. The van der Waals surface area contributed by atoms with Crippen LogP contribution < -0.4 is 0 Å². The Balaban J connectivity index is 1.76. The van der Waals surface area contributed by atoms with Gasteiger partial charge in [-0.3, -0.25) is 0 Å². The number of aromatic carboxylic acids is 1. The summed E-state index contributed by atoms with van der Waals surface area (Å²) in [4.78, 5) is 11.2. The molecule has 0 heterocycles. The van der Waals surface area contributed by atoms with Crippen molar-refractivity contribution in [3.05, 3.63) is 119 Å². The maximum Gasteiger partial charge on any atom is 0.335 e. The first-order valence-electron chi connectivity index (χ1n) is 10.1. The summed E-state index contributed by atoms with van der Waals surface area (Å²) < 4.78 is 0. The Hall–Kier alpha value is -3.13. The summed E-state index contributed by atoms with van der Waals surface area (Å²) in [5, 5.41) is 9.22. The van der Waals surface area contributed by atoms with Crippen LogP contribution in [0.2, 0.25) is 0 Å². The lowest BCUT2D eigenvalue weighted by atomic mass is 9.66. The Morgan fingerprint density at radius 1 is 1.14 bits per heavy atom. The predicted molar refractivity (Wildman–Crippen MR) is 118 cm³/mol. The van der Waals surface area contributed by atoms with Gasteiger partial charge in [-0.05, 0) is 65.1 Å². The molecular weight excluding hydrogens is 356 g/mol. The van der Waals surface area contributed by atoms with E-state index < -0.39 is 5.97 Å². The van der Waals surface area contributed by atoms with Crippen LogP contribution >= 0.6 is 0 Å². The highest BCUT2D eigenvalue weighted by Gasteiger charge is 2.46. The van der Waals surface area contributed by atoms with Crippen molar-refractivity contribution in [2.24, 2.45) is 5.41 Å². The summed E-state index contributed by atoms with van der Waals surface area (Å²) in [6, 6.07) is 16.1. The number of carboxylic acid groups (broad SMARTS) is 1. The zero-order valence-electron chi connectivity index (χ0n) is 16.8. The van der Waals surface area contributed by atoms with Gasteiger partial charge in [0.2, 0.25) is 0 Å². The lowest BCUT2D eigenvalue weighted by Crippen LogP contribution is -2.30. The third-order valence-electron chi connectivity index (χ3n) is 6.76. The Morgan fingerprint density at radius 3 is 2.45 bits per heavy atom. The molecule has 29 heavy (non-hydrogen) atoms. The normalized spacial score (nSPS) is 22.9. The van der Waals surface area contributed by atoms with Crippen molar-refractivity contribution in [1.29, 1.82) is 0 Å². The second kappa shape index (κ2) is 7.36. The molecule has 2 aromatic rings. The molecule has 2 aliphatic rings. The lowest BCUT2D eigenvalue weighted by molar-refractivity contribution is 0.0697. The van der Waals surface area contributed by atoms with Crippen LogP contribution in [0.25, 0.3) is 0 Å². The minimum absolute atomic E-state index is 0.0343. The summed E-state index contributed by atoms with van der Waals surface area (Å²) in [5.41, 5.74) is 8.12. The Morgan fingerprint density at radius 2 is 1.86 bits per heavy atom. The molecule has 0 amide bonds. The maximum atomic E-state index is 11.2. The number of carbonyl (C=O) groups is 1. The fourth-order valence-electron chi connectivity index (χ4n) is 5.10. The molecule has 0 saturated carbocycles. The molecule has 0 radical (unpaired) electrons. The number of carboxylic acids is 1. The quantitative estimate of drug-likeness (QED) is 0.639. The highest BCUT2D eigenvalue weighted by atomic mass is 16.4. The monoisotopic (exact) mass is 382 g/mol. The average Bonchev–Trinajstić information content (AvgIpc) is 3.28. The molecule has 0 spiro atoms. The molecule has 2 aliphatic carbocycles. The van der Waals surface area contributed by atoms with Gasteiger partial charge in [0.05, 0.1) is 5.56 Å². The van der Waals surface area contributed by atoms with Crippen LogP contribution in [-0.4, -0.2) is 11.1 Å². The molecule has 2 unspecified atom stereocenters. The van der Waals surface area contributed by atoms with Crippen molar-refractivity contribution in [1.82, 2.24) is 0 Å². The minimum atomic E-state index is -0.887. The molecule has 1 N–H and O–H groups in total. The van der Waals surface area contributed by atoms with E-state index in [1.165, 1.54) is 33.4 Å². The summed E-state index contributed by atoms with van der Waals surface area (Å²) >= 11 is 0. The van der Waals surface area contributed by atoms with E-state index in [0.717, 1.165) is 19.3 Å². The third kappa shape index (κ3) is 3.19. The van der Waals surface area contributed by atoms with Crippen LogP contribution in [0.5, 0.6) is 0 Å². The number of fused-ring (bicyclic) bond motifs is 1. The summed E-state index contributed by atoms with van der Waals surface area (Å²) in [6.45, 7) is 10.3. The van der Waals surface area contributed by atoms with Gasteiger partial charge in [0.25, 0.3) is 0 Å². The van der Waals surface area contributed by atoms with Gasteiger partial charge in [-0.25, -0.2) is 4.79 Å². The smallest absolute Gasteiger partial charge is 0.335 e. The van der Waals surface area contributed by atoms with E-state index >= 15 is 0 Å². The summed E-state index contributed by atoms with van der Waals surface area (Å²) in [7, 11) is 0. The van der Waals surface area contributed by atoms with E-state index in [4.69, 9.17) is 0 Å². The molecule has 146 valence electrons. The Labute approximate surface area is 172 Å². The van der Waals surface area contributed by atoms with Crippen LogP contribution in [0, 0.1) is 5.41 Å². The average molecular weight is 383 g/mol. The highest BCUT2D eigenvalue weighted by Crippen LogP contribution is 2.56. The van der Waals surface area contributed by atoms with E-state index in [1.54, 1.807) is 12.1 Å². The molecule has 2 nitrogen and oxygen atoms in total. The largest absolute Gasteiger partial charge is 0.478 e. The fraction of sp³-hybridized carbons (Fsp3) is 0.222. The van der Waals surface area contributed by atoms with Gasteiger partial charge < -0.3 is 5.11 Å². The van der Waals surface area contributed by atoms with Crippen molar-refractivity contribution in [2.75, 3.05) is 0 Å². The zero-order chi connectivity index (χ0) is 20.6. The van der Waals surface area contributed by atoms with Gasteiger partial charge in [0, 0.05) is 5.41 Å². The first-order chi connectivity index (χ1) is 14.0. The molecule has 2 heteroatoms. The second-order valence-electron chi connectivity index (χ2n) is 8.17. The van der Waals surface area contributed by atoms with Gasteiger partial charge in [-0.15, -0.1) is 0 Å². The van der Waals surface area contributed by atoms with Crippen molar-refractivity contribution in [3.63, 3.8) is 0 Å². The van der Waals surface area contributed by atoms with Crippen LogP contribution in [0.1, 0.15) is 46.3 Å². The Bertz CT molecular complexity index is 1050. The van der Waals surface area contributed by atoms with E-state index in [-0.39, 0.29) is 5.41 Å². The molecule has 2 atom stereocenters. The first-order valence-corrected chi connectivity index (χ1v) is 10.1. The van der Waals surface area contributed by atoms with Crippen molar-refractivity contribution in [2.45, 2.75) is 32.1 Å². The minimum Gasteiger partial charge on any atom is -0.478 e. The van der Waals surface area contributed by atoms with Crippen LogP contribution in [0.4, 0.5) is 0 Å². The number of allylic oxidation sites excluding steroid dienone is 6. The number of hydrogen-bond acceptors (Lipinski definition) is 1. The zero-order valence-corrected chi connectivity index (χ0v) is 16.8. The topological polar surface area (TPSA) is 37.3 Å². The van der Waals surface area contributed by atoms with Gasteiger partial charge in [-0.2, -0.15) is 0 Å². The third-order valence-corrected chi connectivity index (χ3v) is 6.76. The van der Waals surface area contributed by atoms with Crippen molar-refractivity contribution < 1.29 is 9.90 Å². The van der Waals surface area contributed by atoms with Gasteiger partial charge in [0.15, 0.2) is 0 Å². The van der Waals surface area contributed by atoms with Gasteiger partial charge >= 0.3 is 5.97 Å². The number of benzene rings is 2. The molecule has 0 bridgehead atoms. The Kier molecular flexibility index (Phi) is 4.87. The second-order valence-corrected chi connectivity index (χ2v) is 8.17. The first kappa shape index (κ1) is 19.2. The van der Waals surface area contributed by atoms with Crippen molar-refractivity contribution in [3.8, 4) is 0 Å². The maximum absolute atomic E-state index is 11.2. The predicted octanol–water partition coefficient (Wildman–Crippen LogP) is 6.27. The number of rotatable bonds is 6. The molecule has 0 saturated heterocycles. The standard InChI is InChI=1S/C27H26O2/c1-4-20-14-24(15-21(20)5-2)27(16-19-10-12-22(13-11-19)26(28)29)17-23-8-6-7-9-25(23)18(27)3/h4-14,18H,1-2,15-17H2,3H3,(H,28,29).